The van der Waals surface area contributed by atoms with E-state index in [9.17, 15) is 23.5 Å². The van der Waals surface area contributed by atoms with E-state index >= 15 is 0 Å². The Morgan fingerprint density at radius 1 is 1.28 bits per heavy atom. The molecule has 0 bridgehead atoms. The number of pyridine rings is 1. The first-order valence-electron chi connectivity index (χ1n) is 9.26. The van der Waals surface area contributed by atoms with E-state index in [-0.39, 0.29) is 36.7 Å². The van der Waals surface area contributed by atoms with Gasteiger partial charge in [0, 0.05) is 30.8 Å². The number of carbonyl (C=O) groups excluding carboxylic acids is 2. The molecule has 1 aromatic heterocycles. The fourth-order valence-corrected chi connectivity index (χ4v) is 3.70. The van der Waals surface area contributed by atoms with E-state index in [0.717, 1.165) is 6.07 Å². The third kappa shape index (κ3) is 4.59. The summed E-state index contributed by atoms with van der Waals surface area (Å²) in [5.41, 5.74) is -0.0210. The number of halogens is 2. The fraction of sp³-hybridized carbons (Fsp3) is 0.381. The van der Waals surface area contributed by atoms with Gasteiger partial charge in [0.05, 0.1) is 19.3 Å². The Morgan fingerprint density at radius 3 is 2.69 bits per heavy atom. The van der Waals surface area contributed by atoms with Gasteiger partial charge in [-0.25, -0.2) is 13.6 Å². The van der Waals surface area contributed by atoms with Crippen molar-refractivity contribution in [1.29, 1.82) is 0 Å². The van der Waals surface area contributed by atoms with E-state index in [2.05, 4.69) is 9.72 Å². The number of piperidine rings is 1. The molecule has 1 aliphatic rings. The molecule has 0 radical (unpaired) electrons. The predicted octanol–water partition coefficient (Wildman–Crippen LogP) is 2.60. The van der Waals surface area contributed by atoms with Gasteiger partial charge in [0.25, 0.3) is 5.91 Å². The maximum absolute atomic E-state index is 14.1. The van der Waals surface area contributed by atoms with Gasteiger partial charge in [-0.05, 0) is 43.0 Å². The number of nitrogens with zero attached hydrogens (tertiary/aromatic N) is 2. The number of benzene rings is 1. The second-order valence-electron chi connectivity index (χ2n) is 7.32. The Morgan fingerprint density at radius 2 is 2.07 bits per heavy atom. The lowest BCUT2D eigenvalue weighted by Gasteiger charge is -2.42. The van der Waals surface area contributed by atoms with Crippen LogP contribution in [0.1, 0.15) is 39.3 Å². The van der Waals surface area contributed by atoms with Crippen molar-refractivity contribution >= 4 is 11.9 Å². The van der Waals surface area contributed by atoms with Gasteiger partial charge in [-0.2, -0.15) is 0 Å². The first kappa shape index (κ1) is 20.9. The monoisotopic (exact) mass is 404 g/mol. The van der Waals surface area contributed by atoms with E-state index in [0.29, 0.717) is 24.9 Å². The number of ether oxygens (including phenoxy) is 1. The highest BCUT2D eigenvalue weighted by Crippen LogP contribution is 2.34. The van der Waals surface area contributed by atoms with Crippen LogP contribution in [0.25, 0.3) is 0 Å². The molecule has 1 fully saturated rings. The topological polar surface area (TPSA) is 79.7 Å². The van der Waals surface area contributed by atoms with Gasteiger partial charge in [0.15, 0.2) is 0 Å². The average Bonchev–Trinajstić information content (AvgIpc) is 2.75. The maximum Gasteiger partial charge on any atom is 0.339 e. The van der Waals surface area contributed by atoms with Crippen LogP contribution < -0.4 is 0 Å². The summed E-state index contributed by atoms with van der Waals surface area (Å²) >= 11 is 0. The molecular weight excluding hydrogens is 382 g/mol. The Bertz CT molecular complexity index is 904. The largest absolute Gasteiger partial charge is 0.465 e. The highest BCUT2D eigenvalue weighted by Gasteiger charge is 2.38. The zero-order chi connectivity index (χ0) is 21.0. The summed E-state index contributed by atoms with van der Waals surface area (Å²) in [5.74, 6) is -2.21. The summed E-state index contributed by atoms with van der Waals surface area (Å²) in [7, 11) is 1.26. The Balaban J connectivity index is 1.77. The molecular formula is C21H22F2N2O4. The molecule has 2 aromatic rings. The SMILES string of the molecule is COC(=O)c1ccc(C(=O)N2CCC[C@@](CO)(Cc3ccc(F)cc3F)C2)nc1. The Labute approximate surface area is 167 Å². The lowest BCUT2D eigenvalue weighted by molar-refractivity contribution is 0.0264. The van der Waals surface area contributed by atoms with Crippen molar-refractivity contribution in [2.45, 2.75) is 19.3 Å². The number of hydrogen-bond donors (Lipinski definition) is 1. The number of aromatic nitrogens is 1. The van der Waals surface area contributed by atoms with Crippen molar-refractivity contribution in [2.75, 3.05) is 26.8 Å². The minimum Gasteiger partial charge on any atom is -0.465 e. The van der Waals surface area contributed by atoms with Crippen molar-refractivity contribution in [3.8, 4) is 0 Å². The molecule has 2 heterocycles. The number of aliphatic hydroxyl groups excluding tert-OH is 1. The first-order chi connectivity index (χ1) is 13.9. The molecule has 1 saturated heterocycles. The molecule has 1 atom stereocenters. The molecule has 1 N–H and O–H groups in total. The molecule has 1 amide bonds. The standard InChI is InChI=1S/C21H22F2N2O4/c1-29-20(28)15-4-6-18(24-11-15)19(27)25-8-2-7-21(12-25,13-26)10-14-3-5-16(22)9-17(14)23/h3-6,9,11,26H,2,7-8,10,12-13H2,1H3/t21-/m1/s1. The second kappa shape index (κ2) is 8.65. The summed E-state index contributed by atoms with van der Waals surface area (Å²) in [5, 5.41) is 10.0. The molecule has 154 valence electrons. The third-order valence-electron chi connectivity index (χ3n) is 5.27. The van der Waals surface area contributed by atoms with Crippen LogP contribution in [0.2, 0.25) is 0 Å². The van der Waals surface area contributed by atoms with Crippen LogP contribution in [0.4, 0.5) is 8.78 Å². The zero-order valence-corrected chi connectivity index (χ0v) is 16.0. The summed E-state index contributed by atoms with van der Waals surface area (Å²) in [6, 6.07) is 6.28. The molecule has 0 aliphatic carbocycles. The van der Waals surface area contributed by atoms with Crippen molar-refractivity contribution in [2.24, 2.45) is 5.41 Å². The quantitative estimate of drug-likeness (QED) is 0.775. The van der Waals surface area contributed by atoms with Crippen molar-refractivity contribution in [3.05, 3.63) is 65.0 Å². The van der Waals surface area contributed by atoms with Gasteiger partial charge in [-0.15, -0.1) is 0 Å². The van der Waals surface area contributed by atoms with E-state index in [1.54, 1.807) is 4.90 Å². The number of likely N-dealkylation sites (tertiary alicyclic amines) is 1. The molecule has 3 rings (SSSR count). The molecule has 0 saturated carbocycles. The maximum atomic E-state index is 14.1. The van der Waals surface area contributed by atoms with Crippen molar-refractivity contribution in [3.63, 3.8) is 0 Å². The predicted molar refractivity (Wildman–Crippen MR) is 100 cm³/mol. The van der Waals surface area contributed by atoms with Gasteiger partial charge in [-0.3, -0.25) is 9.78 Å². The minimum absolute atomic E-state index is 0.166. The van der Waals surface area contributed by atoms with E-state index in [1.165, 1.54) is 37.6 Å². The van der Waals surface area contributed by atoms with E-state index < -0.39 is 23.0 Å². The van der Waals surface area contributed by atoms with Crippen LogP contribution in [0.15, 0.2) is 36.5 Å². The van der Waals surface area contributed by atoms with Gasteiger partial charge in [0.2, 0.25) is 0 Å². The Kier molecular flexibility index (Phi) is 6.22. The molecule has 0 unspecified atom stereocenters. The molecule has 1 aliphatic heterocycles. The van der Waals surface area contributed by atoms with Gasteiger partial charge in [-0.1, -0.05) is 6.07 Å². The van der Waals surface area contributed by atoms with Gasteiger partial charge >= 0.3 is 5.97 Å². The van der Waals surface area contributed by atoms with Gasteiger partial charge in [0.1, 0.15) is 17.3 Å². The number of carbonyl (C=O) groups is 2. The first-order valence-corrected chi connectivity index (χ1v) is 9.26. The summed E-state index contributed by atoms with van der Waals surface area (Å²) in [6.07, 6.45) is 2.71. The molecule has 6 nitrogen and oxygen atoms in total. The zero-order valence-electron chi connectivity index (χ0n) is 16.0. The Hall–Kier alpha value is -2.87. The summed E-state index contributed by atoms with van der Waals surface area (Å²) in [6.45, 7) is 0.467. The van der Waals surface area contributed by atoms with Crippen LogP contribution in [0, 0.1) is 17.0 Å². The van der Waals surface area contributed by atoms with Crippen molar-refractivity contribution < 1.29 is 28.2 Å². The lowest BCUT2D eigenvalue weighted by Crippen LogP contribution is -2.49. The normalized spacial score (nSPS) is 19.1. The lowest BCUT2D eigenvalue weighted by atomic mass is 9.75. The summed E-state index contributed by atoms with van der Waals surface area (Å²) < 4.78 is 31.9. The second-order valence-corrected chi connectivity index (χ2v) is 7.32. The number of amides is 1. The smallest absolute Gasteiger partial charge is 0.339 e. The van der Waals surface area contributed by atoms with Crippen LogP contribution in [-0.4, -0.2) is 53.7 Å². The van der Waals surface area contributed by atoms with Crippen LogP contribution in [0.3, 0.4) is 0 Å². The highest BCUT2D eigenvalue weighted by atomic mass is 19.1. The number of methoxy groups -OCH3 is 1. The summed E-state index contributed by atoms with van der Waals surface area (Å²) in [4.78, 5) is 30.0. The average molecular weight is 404 g/mol. The number of hydrogen-bond acceptors (Lipinski definition) is 5. The molecule has 1 aromatic carbocycles. The van der Waals surface area contributed by atoms with E-state index in [4.69, 9.17) is 0 Å². The fourth-order valence-electron chi connectivity index (χ4n) is 3.70. The third-order valence-corrected chi connectivity index (χ3v) is 5.27. The highest BCUT2D eigenvalue weighted by molar-refractivity contribution is 5.94. The van der Waals surface area contributed by atoms with Crippen LogP contribution in [0.5, 0.6) is 0 Å². The molecule has 29 heavy (non-hydrogen) atoms. The number of esters is 1. The van der Waals surface area contributed by atoms with E-state index in [1.807, 2.05) is 0 Å². The number of rotatable bonds is 5. The molecule has 8 heteroatoms. The van der Waals surface area contributed by atoms with Crippen LogP contribution >= 0.6 is 0 Å². The number of aliphatic hydroxyl groups is 1. The minimum atomic E-state index is -0.724. The van der Waals surface area contributed by atoms with Crippen molar-refractivity contribution in [1.82, 2.24) is 9.88 Å². The molecule has 0 spiro atoms. The van der Waals surface area contributed by atoms with Gasteiger partial charge < -0.3 is 14.7 Å². The van der Waals surface area contributed by atoms with Crippen LogP contribution in [-0.2, 0) is 11.2 Å².